The van der Waals surface area contributed by atoms with Gasteiger partial charge in [0.25, 0.3) is 0 Å². The van der Waals surface area contributed by atoms with Gasteiger partial charge in [-0.25, -0.2) is 0 Å². The Morgan fingerprint density at radius 1 is 1.55 bits per heavy atom. The third-order valence-corrected chi connectivity index (χ3v) is 4.81. The van der Waals surface area contributed by atoms with E-state index in [4.69, 9.17) is 10.00 Å². The van der Waals surface area contributed by atoms with Gasteiger partial charge in [-0.3, -0.25) is 4.79 Å². The molecule has 0 saturated heterocycles. The number of nitrogens with zero attached hydrogens (tertiary/aromatic N) is 2. The van der Waals surface area contributed by atoms with Crippen LogP contribution in [-0.2, 0) is 11.2 Å². The van der Waals surface area contributed by atoms with Crippen molar-refractivity contribution in [1.29, 1.82) is 5.26 Å². The summed E-state index contributed by atoms with van der Waals surface area (Å²) >= 11 is 1.15. The second-order valence-electron chi connectivity index (χ2n) is 5.23. The number of carbonyl (C=O) groups excluding carboxylic acids is 1. The van der Waals surface area contributed by atoms with Crippen LogP contribution in [0.1, 0.15) is 34.7 Å². The van der Waals surface area contributed by atoms with E-state index >= 15 is 0 Å². The quantitative estimate of drug-likeness (QED) is 0.945. The average Bonchev–Trinajstić information content (AvgIpc) is 3.10. The summed E-state index contributed by atoms with van der Waals surface area (Å²) in [6.07, 6.45) is 1.65. The molecule has 1 heterocycles. The van der Waals surface area contributed by atoms with Crippen LogP contribution < -0.4 is 10.1 Å². The first-order chi connectivity index (χ1) is 10.6. The molecule has 1 unspecified atom stereocenters. The number of nitrogens with one attached hydrogen (secondary N) is 1. The van der Waals surface area contributed by atoms with Crippen molar-refractivity contribution in [3.63, 3.8) is 0 Å². The number of amides is 1. The number of rotatable bonds is 3. The van der Waals surface area contributed by atoms with Crippen molar-refractivity contribution in [1.82, 2.24) is 4.37 Å². The van der Waals surface area contributed by atoms with Crippen LogP contribution in [0.4, 0.5) is 5.00 Å². The molecule has 0 aliphatic heterocycles. The van der Waals surface area contributed by atoms with Crippen molar-refractivity contribution < 1.29 is 9.53 Å². The highest BCUT2D eigenvalue weighted by molar-refractivity contribution is 7.10. The summed E-state index contributed by atoms with van der Waals surface area (Å²) in [5, 5.41) is 12.5. The Labute approximate surface area is 132 Å². The Hall–Kier alpha value is -2.39. The zero-order chi connectivity index (χ0) is 15.7. The summed E-state index contributed by atoms with van der Waals surface area (Å²) in [7, 11) is 1.62. The largest absolute Gasteiger partial charge is 0.497 e. The van der Waals surface area contributed by atoms with Gasteiger partial charge in [0.15, 0.2) is 0 Å². The normalized spacial score (nSPS) is 16.0. The van der Waals surface area contributed by atoms with Gasteiger partial charge in [-0.1, -0.05) is 6.07 Å². The maximum absolute atomic E-state index is 12.6. The standard InChI is InChI=1S/C16H15N3O2S/c1-9-14(8-17)16(22-19-9)18-15(20)12-6-4-10-3-5-11(21-2)7-13(10)12/h3,5,7,12H,4,6H2,1-2H3,(H,18,20). The Bertz CT molecular complexity index is 776. The van der Waals surface area contributed by atoms with Gasteiger partial charge in [0, 0.05) is 0 Å². The fourth-order valence-electron chi connectivity index (χ4n) is 2.77. The molecule has 0 saturated carbocycles. The van der Waals surface area contributed by atoms with Crippen LogP contribution in [-0.4, -0.2) is 17.4 Å². The first kappa shape index (κ1) is 14.5. The number of carbonyl (C=O) groups is 1. The molecule has 1 atom stereocenters. The Balaban J connectivity index is 1.85. The van der Waals surface area contributed by atoms with E-state index in [0.717, 1.165) is 35.7 Å². The number of anilines is 1. The summed E-state index contributed by atoms with van der Waals surface area (Å²) in [6, 6.07) is 7.95. The lowest BCUT2D eigenvalue weighted by atomic mass is 10.00. The highest BCUT2D eigenvalue weighted by atomic mass is 32.1. The fourth-order valence-corrected chi connectivity index (χ4v) is 3.52. The second-order valence-corrected chi connectivity index (χ2v) is 6.00. The molecular weight excluding hydrogens is 298 g/mol. The highest BCUT2D eigenvalue weighted by Gasteiger charge is 2.30. The van der Waals surface area contributed by atoms with Crippen molar-refractivity contribution in [3.05, 3.63) is 40.6 Å². The van der Waals surface area contributed by atoms with E-state index in [1.165, 1.54) is 5.56 Å². The molecular formula is C16H15N3O2S. The number of hydrogen-bond acceptors (Lipinski definition) is 5. The van der Waals surface area contributed by atoms with Gasteiger partial charge in [-0.15, -0.1) is 0 Å². The molecule has 1 aliphatic carbocycles. The number of ether oxygens (including phenoxy) is 1. The van der Waals surface area contributed by atoms with E-state index in [1.54, 1.807) is 14.0 Å². The molecule has 3 rings (SSSR count). The lowest BCUT2D eigenvalue weighted by Crippen LogP contribution is -2.19. The van der Waals surface area contributed by atoms with Crippen LogP contribution in [0.5, 0.6) is 5.75 Å². The summed E-state index contributed by atoms with van der Waals surface area (Å²) in [5.41, 5.74) is 3.29. The molecule has 1 N–H and O–H groups in total. The summed E-state index contributed by atoms with van der Waals surface area (Å²) in [4.78, 5) is 12.6. The number of nitriles is 1. The summed E-state index contributed by atoms with van der Waals surface area (Å²) in [5.74, 6) is 0.455. The van der Waals surface area contributed by atoms with Gasteiger partial charge in [0.05, 0.1) is 18.7 Å². The predicted molar refractivity (Wildman–Crippen MR) is 84.3 cm³/mol. The van der Waals surface area contributed by atoms with Gasteiger partial charge in [0.2, 0.25) is 5.91 Å². The van der Waals surface area contributed by atoms with E-state index in [1.807, 2.05) is 18.2 Å². The lowest BCUT2D eigenvalue weighted by Gasteiger charge is -2.12. The SMILES string of the molecule is COc1ccc2c(c1)C(C(=O)Nc1snc(C)c1C#N)CC2. The van der Waals surface area contributed by atoms with Crippen LogP contribution >= 0.6 is 11.5 Å². The molecule has 1 aliphatic rings. The number of aromatic nitrogens is 1. The topological polar surface area (TPSA) is 75.0 Å². The van der Waals surface area contributed by atoms with Gasteiger partial charge in [-0.2, -0.15) is 9.64 Å². The zero-order valence-corrected chi connectivity index (χ0v) is 13.2. The first-order valence-corrected chi connectivity index (χ1v) is 7.75. The van der Waals surface area contributed by atoms with Crippen LogP contribution in [0.25, 0.3) is 0 Å². The van der Waals surface area contributed by atoms with Crippen molar-refractivity contribution in [2.24, 2.45) is 0 Å². The molecule has 1 aromatic carbocycles. The minimum Gasteiger partial charge on any atom is -0.497 e. The maximum Gasteiger partial charge on any atom is 0.232 e. The maximum atomic E-state index is 12.6. The molecule has 22 heavy (non-hydrogen) atoms. The van der Waals surface area contributed by atoms with E-state index in [-0.39, 0.29) is 11.8 Å². The minimum atomic E-state index is -0.209. The Kier molecular flexibility index (Phi) is 3.82. The first-order valence-electron chi connectivity index (χ1n) is 6.98. The minimum absolute atomic E-state index is 0.0906. The summed E-state index contributed by atoms with van der Waals surface area (Å²) in [6.45, 7) is 1.76. The van der Waals surface area contributed by atoms with Crippen LogP contribution in [0.3, 0.4) is 0 Å². The van der Waals surface area contributed by atoms with Gasteiger partial charge < -0.3 is 10.1 Å². The van der Waals surface area contributed by atoms with Crippen LogP contribution in [0.2, 0.25) is 0 Å². The molecule has 0 bridgehead atoms. The molecule has 0 radical (unpaired) electrons. The third-order valence-electron chi connectivity index (χ3n) is 3.96. The predicted octanol–water partition coefficient (Wildman–Crippen LogP) is 3.00. The number of aryl methyl sites for hydroxylation is 2. The van der Waals surface area contributed by atoms with Gasteiger partial charge in [0.1, 0.15) is 22.4 Å². The van der Waals surface area contributed by atoms with Crippen LogP contribution in [0.15, 0.2) is 18.2 Å². The van der Waals surface area contributed by atoms with E-state index in [0.29, 0.717) is 16.3 Å². The van der Waals surface area contributed by atoms with Gasteiger partial charge >= 0.3 is 0 Å². The smallest absolute Gasteiger partial charge is 0.232 e. The lowest BCUT2D eigenvalue weighted by molar-refractivity contribution is -0.117. The molecule has 1 amide bonds. The summed E-state index contributed by atoms with van der Waals surface area (Å²) < 4.78 is 9.37. The number of benzene rings is 1. The fraction of sp³-hybridized carbons (Fsp3) is 0.312. The van der Waals surface area contributed by atoms with E-state index in [2.05, 4.69) is 15.8 Å². The zero-order valence-electron chi connectivity index (χ0n) is 12.3. The molecule has 0 spiro atoms. The molecule has 0 fully saturated rings. The molecule has 2 aromatic rings. The Morgan fingerprint density at radius 3 is 3.09 bits per heavy atom. The monoisotopic (exact) mass is 313 g/mol. The number of methoxy groups -OCH3 is 1. The van der Waals surface area contributed by atoms with Crippen molar-refractivity contribution >= 4 is 22.4 Å². The molecule has 5 nitrogen and oxygen atoms in total. The van der Waals surface area contributed by atoms with Crippen molar-refractivity contribution in [3.8, 4) is 11.8 Å². The Morgan fingerprint density at radius 2 is 2.36 bits per heavy atom. The average molecular weight is 313 g/mol. The van der Waals surface area contributed by atoms with Gasteiger partial charge in [-0.05, 0) is 54.6 Å². The highest BCUT2D eigenvalue weighted by Crippen LogP contribution is 2.37. The second kappa shape index (κ2) is 5.78. The molecule has 1 aromatic heterocycles. The number of fused-ring (bicyclic) bond motifs is 1. The molecule has 6 heteroatoms. The van der Waals surface area contributed by atoms with E-state index in [9.17, 15) is 4.79 Å². The number of hydrogen-bond donors (Lipinski definition) is 1. The van der Waals surface area contributed by atoms with Crippen molar-refractivity contribution in [2.75, 3.05) is 12.4 Å². The van der Waals surface area contributed by atoms with Crippen molar-refractivity contribution in [2.45, 2.75) is 25.7 Å². The molecule has 112 valence electrons. The third kappa shape index (κ3) is 2.44. The van der Waals surface area contributed by atoms with E-state index < -0.39 is 0 Å². The van der Waals surface area contributed by atoms with Crippen LogP contribution in [0, 0.1) is 18.3 Å².